The molecule has 2 saturated carbocycles. The van der Waals surface area contributed by atoms with Gasteiger partial charge in [0.1, 0.15) is 18.1 Å². The quantitative estimate of drug-likeness (QED) is 0.309. The van der Waals surface area contributed by atoms with Crippen molar-refractivity contribution >= 4 is 0 Å². The molecule has 2 fully saturated rings. The molecule has 6 heteroatoms. The molecule has 6 nitrogen and oxygen atoms in total. The average molecular weight is 552 g/mol. The Kier molecular flexibility index (Phi) is 9.72. The van der Waals surface area contributed by atoms with E-state index >= 15 is 0 Å². The highest BCUT2D eigenvalue weighted by Gasteiger charge is 2.57. The minimum atomic E-state index is -0.221. The Morgan fingerprint density at radius 2 is 1.68 bits per heavy atom. The molecule has 3 aliphatic rings. The van der Waals surface area contributed by atoms with Gasteiger partial charge in [-0.25, -0.2) is 0 Å². The molecule has 2 N–H and O–H groups in total. The van der Waals surface area contributed by atoms with Gasteiger partial charge >= 0.3 is 0 Å². The third kappa shape index (κ3) is 6.35. The summed E-state index contributed by atoms with van der Waals surface area (Å²) in [5.41, 5.74) is 4.00. The molecule has 0 aromatic heterocycles. The maximum absolute atomic E-state index is 11.1. The van der Waals surface area contributed by atoms with Crippen LogP contribution in [0, 0.1) is 17.3 Å². The zero-order valence-electron chi connectivity index (χ0n) is 24.7. The monoisotopic (exact) mass is 551 g/mol. The predicted molar refractivity (Wildman–Crippen MR) is 158 cm³/mol. The van der Waals surface area contributed by atoms with Gasteiger partial charge < -0.3 is 29.3 Å². The van der Waals surface area contributed by atoms with Gasteiger partial charge in [-0.3, -0.25) is 0 Å². The number of hydrogen-bond donors (Lipinski definition) is 2. The molecule has 0 aliphatic heterocycles. The van der Waals surface area contributed by atoms with Gasteiger partial charge in [0.25, 0.3) is 0 Å². The van der Waals surface area contributed by atoms with Gasteiger partial charge in [-0.2, -0.15) is 0 Å². The molecule has 0 bridgehead atoms. The van der Waals surface area contributed by atoms with Gasteiger partial charge in [0.2, 0.25) is 0 Å². The summed E-state index contributed by atoms with van der Waals surface area (Å²) in [6.07, 6.45) is 6.01. The minimum absolute atomic E-state index is 0.0355. The number of aromatic hydroxyl groups is 1. The fraction of sp³-hybridized carbons (Fsp3) is 0.647. The SMILES string of the molecule is CCCOCCOCCN(C)CCOc1ccc([C@H]2C[C@@]3(C)C(CC[C@@H]3O)C3CCc4cc(O)ccc4C32)cc1. The molecule has 0 radical (unpaired) electrons. The Bertz CT molecular complexity index is 1090. The lowest BCUT2D eigenvalue weighted by Crippen LogP contribution is -2.47. The topological polar surface area (TPSA) is 71.4 Å². The van der Waals surface area contributed by atoms with Crippen molar-refractivity contribution in [1.82, 2.24) is 4.90 Å². The molecular formula is C34H49NO5. The van der Waals surface area contributed by atoms with Gasteiger partial charge in [-0.05, 0) is 116 Å². The molecule has 5 rings (SSSR count). The summed E-state index contributed by atoms with van der Waals surface area (Å²) in [5.74, 6) is 3.15. The first-order valence-electron chi connectivity index (χ1n) is 15.5. The summed E-state index contributed by atoms with van der Waals surface area (Å²) in [5, 5.41) is 21.3. The standard InChI is InChI=1S/C34H49NO5/c1-4-17-38-20-21-39-18-15-35(3)16-19-40-27-9-5-24(6-10-27)30-23-34(2)31(13-14-32(34)37)29-11-7-25-22-26(36)8-12-28(25)33(29)30/h5-6,8-10,12,22,29-33,36-37H,4,7,11,13-21,23H2,1-3H3/t29?,30-,31?,32+,33?,34+/m1/s1. The minimum Gasteiger partial charge on any atom is -0.508 e. The number of likely N-dealkylation sites (N-methyl/N-ethyl adjacent to an activating group) is 1. The second-order valence-electron chi connectivity index (χ2n) is 12.6. The second kappa shape index (κ2) is 13.2. The molecule has 3 unspecified atom stereocenters. The van der Waals surface area contributed by atoms with E-state index < -0.39 is 0 Å². The maximum atomic E-state index is 11.1. The van der Waals surface area contributed by atoms with Gasteiger partial charge in [0.15, 0.2) is 0 Å². The van der Waals surface area contributed by atoms with Crippen LogP contribution in [0.1, 0.15) is 74.5 Å². The zero-order valence-corrected chi connectivity index (χ0v) is 24.7. The number of aliphatic hydroxyl groups is 1. The Labute approximate surface area is 240 Å². The van der Waals surface area contributed by atoms with Crippen LogP contribution in [0.25, 0.3) is 0 Å². The fourth-order valence-corrected chi connectivity index (χ4v) is 7.92. The van der Waals surface area contributed by atoms with E-state index in [-0.39, 0.29) is 11.5 Å². The first-order chi connectivity index (χ1) is 19.4. The number of fused-ring (bicyclic) bond motifs is 5. The number of rotatable bonds is 13. The van der Waals surface area contributed by atoms with E-state index in [1.807, 2.05) is 12.1 Å². The summed E-state index contributed by atoms with van der Waals surface area (Å²) in [6, 6.07) is 14.7. The van der Waals surface area contributed by atoms with Gasteiger partial charge in [0, 0.05) is 19.7 Å². The van der Waals surface area contributed by atoms with E-state index in [2.05, 4.69) is 56.1 Å². The van der Waals surface area contributed by atoms with Gasteiger partial charge in [-0.1, -0.05) is 32.0 Å². The predicted octanol–water partition coefficient (Wildman–Crippen LogP) is 5.76. The van der Waals surface area contributed by atoms with E-state index in [0.717, 1.165) is 64.0 Å². The number of hydrogen-bond acceptors (Lipinski definition) is 6. The van der Waals surface area contributed by atoms with Crippen LogP contribution in [0.2, 0.25) is 0 Å². The van der Waals surface area contributed by atoms with Crippen molar-refractivity contribution in [3.05, 3.63) is 59.2 Å². The van der Waals surface area contributed by atoms with Crippen LogP contribution in [0.15, 0.2) is 42.5 Å². The summed E-state index contributed by atoms with van der Waals surface area (Å²) in [4.78, 5) is 2.23. The van der Waals surface area contributed by atoms with Crippen LogP contribution >= 0.6 is 0 Å². The number of aryl methyl sites for hydroxylation is 1. The fourth-order valence-electron chi connectivity index (χ4n) is 7.92. The molecule has 6 atom stereocenters. The largest absolute Gasteiger partial charge is 0.508 e. The molecule has 0 spiro atoms. The highest BCUT2D eigenvalue weighted by atomic mass is 16.5. The average Bonchev–Trinajstić information content (AvgIpc) is 3.26. The highest BCUT2D eigenvalue weighted by Crippen LogP contribution is 2.65. The number of nitrogens with zero attached hydrogens (tertiary/aromatic N) is 1. The van der Waals surface area contributed by atoms with E-state index in [4.69, 9.17) is 14.2 Å². The van der Waals surface area contributed by atoms with Crippen molar-refractivity contribution in [1.29, 1.82) is 0 Å². The number of phenolic OH excluding ortho intramolecular Hbond substituents is 1. The first-order valence-corrected chi connectivity index (χ1v) is 15.5. The van der Waals surface area contributed by atoms with Crippen molar-refractivity contribution < 1.29 is 24.4 Å². The van der Waals surface area contributed by atoms with E-state index in [1.165, 1.54) is 16.7 Å². The van der Waals surface area contributed by atoms with Crippen LogP contribution in [0.3, 0.4) is 0 Å². The van der Waals surface area contributed by atoms with Crippen molar-refractivity contribution in [3.63, 3.8) is 0 Å². The molecule has 220 valence electrons. The summed E-state index contributed by atoms with van der Waals surface area (Å²) < 4.78 is 17.2. The summed E-state index contributed by atoms with van der Waals surface area (Å²) >= 11 is 0. The van der Waals surface area contributed by atoms with Gasteiger partial charge in [-0.15, -0.1) is 0 Å². The molecule has 0 heterocycles. The van der Waals surface area contributed by atoms with Crippen LogP contribution in [-0.4, -0.2) is 74.4 Å². The Morgan fingerprint density at radius 1 is 0.925 bits per heavy atom. The lowest BCUT2D eigenvalue weighted by Gasteiger charge is -2.54. The molecule has 40 heavy (non-hydrogen) atoms. The van der Waals surface area contributed by atoms with Crippen molar-refractivity contribution in [3.8, 4) is 11.5 Å². The van der Waals surface area contributed by atoms with Crippen molar-refractivity contribution in [2.45, 2.75) is 70.3 Å². The smallest absolute Gasteiger partial charge is 0.119 e. The summed E-state index contributed by atoms with van der Waals surface area (Å²) in [7, 11) is 2.09. The zero-order chi connectivity index (χ0) is 28.1. The number of aliphatic hydroxyl groups excluding tert-OH is 1. The van der Waals surface area contributed by atoms with E-state index in [1.54, 1.807) is 0 Å². The Morgan fingerprint density at radius 3 is 2.45 bits per heavy atom. The highest BCUT2D eigenvalue weighted by molar-refractivity contribution is 5.43. The molecule has 0 amide bonds. The van der Waals surface area contributed by atoms with E-state index in [0.29, 0.717) is 55.8 Å². The van der Waals surface area contributed by atoms with E-state index in [9.17, 15) is 10.2 Å². The normalized spacial score (nSPS) is 29.2. The molecular weight excluding hydrogens is 502 g/mol. The molecule has 0 saturated heterocycles. The number of phenols is 1. The lowest BCUT2D eigenvalue weighted by molar-refractivity contribution is -0.0323. The Balaban J connectivity index is 1.20. The second-order valence-corrected chi connectivity index (χ2v) is 12.6. The number of ether oxygens (including phenoxy) is 3. The first kappa shape index (κ1) is 29.4. The van der Waals surface area contributed by atoms with Crippen LogP contribution in [0.4, 0.5) is 0 Å². The molecule has 2 aromatic carbocycles. The number of benzene rings is 2. The summed E-state index contributed by atoms with van der Waals surface area (Å²) in [6.45, 7) is 9.58. The Hall–Kier alpha value is -2.12. The van der Waals surface area contributed by atoms with Crippen LogP contribution < -0.4 is 4.74 Å². The third-order valence-electron chi connectivity index (χ3n) is 10.1. The molecule has 2 aromatic rings. The molecule has 3 aliphatic carbocycles. The van der Waals surface area contributed by atoms with Crippen molar-refractivity contribution in [2.75, 3.05) is 53.2 Å². The lowest BCUT2D eigenvalue weighted by atomic mass is 9.51. The van der Waals surface area contributed by atoms with Crippen molar-refractivity contribution in [2.24, 2.45) is 17.3 Å². The maximum Gasteiger partial charge on any atom is 0.119 e. The third-order valence-corrected chi connectivity index (χ3v) is 10.1. The van der Waals surface area contributed by atoms with Gasteiger partial charge in [0.05, 0.1) is 25.9 Å². The van der Waals surface area contributed by atoms with Crippen LogP contribution in [-0.2, 0) is 15.9 Å². The van der Waals surface area contributed by atoms with Crippen LogP contribution in [0.5, 0.6) is 11.5 Å².